The van der Waals surface area contributed by atoms with Crippen molar-refractivity contribution >= 4 is 40.1 Å². The molecule has 5 rings (SSSR count). The van der Waals surface area contributed by atoms with Crippen molar-refractivity contribution in [1.82, 2.24) is 20.2 Å². The Balaban J connectivity index is 1.23. The van der Waals surface area contributed by atoms with Crippen LogP contribution < -0.4 is 24.8 Å². The van der Waals surface area contributed by atoms with Gasteiger partial charge in [-0.15, -0.1) is 0 Å². The van der Waals surface area contributed by atoms with E-state index in [-0.39, 0.29) is 36.4 Å². The van der Waals surface area contributed by atoms with E-state index in [2.05, 4.69) is 20.6 Å². The summed E-state index contributed by atoms with van der Waals surface area (Å²) >= 11 is 6.38. The molecule has 41 heavy (non-hydrogen) atoms. The molecule has 2 fully saturated rings. The third-order valence-corrected chi connectivity index (χ3v) is 7.59. The fourth-order valence-electron chi connectivity index (χ4n) is 4.90. The minimum Gasteiger partial charge on any atom is -0.493 e. The van der Waals surface area contributed by atoms with E-state index in [1.807, 2.05) is 18.7 Å². The first-order chi connectivity index (χ1) is 19.7. The summed E-state index contributed by atoms with van der Waals surface area (Å²) in [7, 11) is 1.54. The molecule has 0 saturated carbocycles. The van der Waals surface area contributed by atoms with Crippen LogP contribution in [0, 0.1) is 5.41 Å². The summed E-state index contributed by atoms with van der Waals surface area (Å²) < 4.78 is 22.9. The van der Waals surface area contributed by atoms with Gasteiger partial charge in [-0.05, 0) is 44.9 Å². The highest BCUT2D eigenvalue weighted by Crippen LogP contribution is 2.39. The smallest absolute Gasteiger partial charge is 0.319 e. The van der Waals surface area contributed by atoms with Crippen LogP contribution in [0.15, 0.2) is 36.7 Å². The predicted octanol–water partition coefficient (Wildman–Crippen LogP) is 5.02. The molecule has 2 saturated heterocycles. The first-order valence-electron chi connectivity index (χ1n) is 13.6. The number of carbonyl (C=O) groups is 2. The van der Waals surface area contributed by atoms with E-state index >= 15 is 0 Å². The van der Waals surface area contributed by atoms with E-state index in [0.717, 1.165) is 39.1 Å². The SMILES string of the molecule is COc1cc2c(Oc3ccc(NC(=O)NC(C)C)c(Cl)c3)ncnc2cc1OCCC(=O)N1CCC2(CC1)COC2. The highest BCUT2D eigenvalue weighted by molar-refractivity contribution is 6.33. The topological polar surface area (TPSA) is 124 Å². The molecular weight excluding hydrogens is 550 g/mol. The third-order valence-electron chi connectivity index (χ3n) is 7.27. The number of piperidine rings is 1. The average Bonchev–Trinajstić information content (AvgIpc) is 2.93. The van der Waals surface area contributed by atoms with Gasteiger partial charge in [0.2, 0.25) is 11.8 Å². The number of benzene rings is 2. The maximum Gasteiger partial charge on any atom is 0.319 e. The molecule has 2 aliphatic heterocycles. The van der Waals surface area contributed by atoms with Gasteiger partial charge < -0.3 is 34.5 Å². The summed E-state index contributed by atoms with van der Waals surface area (Å²) in [5.41, 5.74) is 1.31. The van der Waals surface area contributed by atoms with Crippen molar-refractivity contribution in [1.29, 1.82) is 0 Å². The van der Waals surface area contributed by atoms with Crippen LogP contribution in [0.2, 0.25) is 5.02 Å². The van der Waals surface area contributed by atoms with Crippen molar-refractivity contribution in [2.45, 2.75) is 39.2 Å². The number of nitrogens with one attached hydrogen (secondary N) is 2. The molecule has 3 heterocycles. The molecule has 218 valence electrons. The minimum absolute atomic E-state index is 0.0109. The quantitative estimate of drug-likeness (QED) is 0.360. The van der Waals surface area contributed by atoms with Crippen LogP contribution in [-0.4, -0.2) is 72.9 Å². The number of aromatic nitrogens is 2. The van der Waals surface area contributed by atoms with Gasteiger partial charge in [0.05, 0.1) is 55.0 Å². The van der Waals surface area contributed by atoms with Crippen LogP contribution in [0.25, 0.3) is 10.9 Å². The Morgan fingerprint density at radius 1 is 1.12 bits per heavy atom. The molecule has 1 spiro atoms. The van der Waals surface area contributed by atoms with E-state index in [9.17, 15) is 9.59 Å². The summed E-state index contributed by atoms with van der Waals surface area (Å²) in [6, 6.07) is 8.03. The molecule has 2 aliphatic rings. The van der Waals surface area contributed by atoms with Crippen LogP contribution >= 0.6 is 11.6 Å². The number of methoxy groups -OCH3 is 1. The Kier molecular flexibility index (Phi) is 8.65. The second-order valence-electron chi connectivity index (χ2n) is 10.7. The van der Waals surface area contributed by atoms with Gasteiger partial charge in [0.1, 0.15) is 12.1 Å². The normalized spacial score (nSPS) is 15.9. The fraction of sp³-hybridized carbons (Fsp3) is 0.448. The molecule has 3 aromatic rings. The molecule has 2 aromatic carbocycles. The molecule has 0 atom stereocenters. The lowest BCUT2D eigenvalue weighted by Crippen LogP contribution is -2.52. The van der Waals surface area contributed by atoms with Gasteiger partial charge in [-0.2, -0.15) is 0 Å². The van der Waals surface area contributed by atoms with Gasteiger partial charge in [-0.25, -0.2) is 14.8 Å². The van der Waals surface area contributed by atoms with Gasteiger partial charge in [0, 0.05) is 36.7 Å². The van der Waals surface area contributed by atoms with Crippen LogP contribution in [0.5, 0.6) is 23.1 Å². The molecule has 3 amide bonds. The lowest BCUT2D eigenvalue weighted by atomic mass is 9.77. The summed E-state index contributed by atoms with van der Waals surface area (Å²) in [6.45, 7) is 7.10. The Hall–Kier alpha value is -3.83. The van der Waals surface area contributed by atoms with Crippen LogP contribution in [0.3, 0.4) is 0 Å². The lowest BCUT2D eigenvalue weighted by Gasteiger charge is -2.47. The number of amides is 3. The number of hydrogen-bond acceptors (Lipinski definition) is 8. The van der Waals surface area contributed by atoms with Gasteiger partial charge in [0.25, 0.3) is 0 Å². The average molecular weight is 584 g/mol. The Morgan fingerprint density at radius 3 is 2.56 bits per heavy atom. The molecule has 0 unspecified atom stereocenters. The molecule has 0 radical (unpaired) electrons. The van der Waals surface area contributed by atoms with E-state index in [1.54, 1.807) is 30.3 Å². The van der Waals surface area contributed by atoms with Crippen molar-refractivity contribution in [3.05, 3.63) is 41.7 Å². The van der Waals surface area contributed by atoms with Crippen LogP contribution in [0.1, 0.15) is 33.1 Å². The van der Waals surface area contributed by atoms with Crippen molar-refractivity contribution in [2.75, 3.05) is 45.3 Å². The van der Waals surface area contributed by atoms with Crippen molar-refractivity contribution in [2.24, 2.45) is 5.41 Å². The summed E-state index contributed by atoms with van der Waals surface area (Å²) in [4.78, 5) is 35.3. The van der Waals surface area contributed by atoms with Gasteiger partial charge in [-0.1, -0.05) is 11.6 Å². The number of hydrogen-bond donors (Lipinski definition) is 2. The first-order valence-corrected chi connectivity index (χ1v) is 14.0. The predicted molar refractivity (Wildman–Crippen MR) is 154 cm³/mol. The minimum atomic E-state index is -0.351. The highest BCUT2D eigenvalue weighted by Gasteiger charge is 2.41. The summed E-state index contributed by atoms with van der Waals surface area (Å²) in [5, 5.41) is 6.37. The number of fused-ring (bicyclic) bond motifs is 1. The van der Waals surface area contributed by atoms with E-state index in [1.165, 1.54) is 13.4 Å². The number of rotatable bonds is 9. The second-order valence-corrected chi connectivity index (χ2v) is 11.1. The molecule has 0 aliphatic carbocycles. The molecular formula is C29H34ClN5O6. The summed E-state index contributed by atoms with van der Waals surface area (Å²) in [6.07, 6.45) is 3.64. The van der Waals surface area contributed by atoms with Crippen molar-refractivity contribution in [3.63, 3.8) is 0 Å². The largest absolute Gasteiger partial charge is 0.493 e. The van der Waals surface area contributed by atoms with Crippen molar-refractivity contribution in [3.8, 4) is 23.1 Å². The van der Waals surface area contributed by atoms with E-state index in [4.69, 9.17) is 30.5 Å². The number of ether oxygens (including phenoxy) is 4. The number of urea groups is 1. The highest BCUT2D eigenvalue weighted by atomic mass is 35.5. The maximum absolute atomic E-state index is 12.7. The molecule has 11 nitrogen and oxygen atoms in total. The molecule has 1 aromatic heterocycles. The Bertz CT molecular complexity index is 1420. The first kappa shape index (κ1) is 28.7. The Labute approximate surface area is 243 Å². The van der Waals surface area contributed by atoms with Gasteiger partial charge >= 0.3 is 6.03 Å². The number of nitrogens with zero attached hydrogens (tertiary/aromatic N) is 3. The molecule has 0 bridgehead atoms. The van der Waals surface area contributed by atoms with Crippen LogP contribution in [-0.2, 0) is 9.53 Å². The zero-order valence-electron chi connectivity index (χ0n) is 23.4. The Morgan fingerprint density at radius 2 is 1.90 bits per heavy atom. The van der Waals surface area contributed by atoms with E-state index < -0.39 is 0 Å². The molecule has 2 N–H and O–H groups in total. The van der Waals surface area contributed by atoms with Crippen molar-refractivity contribution < 1.29 is 28.5 Å². The second kappa shape index (κ2) is 12.4. The zero-order chi connectivity index (χ0) is 29.0. The van der Waals surface area contributed by atoms with Gasteiger partial charge in [0.15, 0.2) is 11.5 Å². The maximum atomic E-state index is 12.7. The third kappa shape index (κ3) is 6.74. The molecule has 12 heteroatoms. The number of likely N-dealkylation sites (tertiary alicyclic amines) is 1. The standard InChI is InChI=1S/C29H34ClN5O6/c1-18(2)33-28(37)34-22-5-4-19(12-21(22)30)41-27-20-13-24(38-3)25(14-23(20)31-17-32-27)40-11-6-26(36)35-9-7-29(8-10-35)15-39-16-29/h4-5,12-14,17-18H,6-11,15-16H2,1-3H3,(H2,33,34,37). The van der Waals surface area contributed by atoms with Gasteiger partial charge in [-0.3, -0.25) is 4.79 Å². The number of carbonyl (C=O) groups excluding carboxylic acids is 2. The summed E-state index contributed by atoms with van der Waals surface area (Å²) in [5.74, 6) is 1.74. The van der Waals surface area contributed by atoms with Crippen LogP contribution in [0.4, 0.5) is 10.5 Å². The number of halogens is 1. The lowest BCUT2D eigenvalue weighted by molar-refractivity contribution is -0.153. The van der Waals surface area contributed by atoms with E-state index in [0.29, 0.717) is 44.7 Å². The fourth-order valence-corrected chi connectivity index (χ4v) is 5.12. The number of anilines is 1. The zero-order valence-corrected chi connectivity index (χ0v) is 24.1. The monoisotopic (exact) mass is 583 g/mol.